The number of thiazole rings is 1. The number of aromatic nitrogens is 1. The van der Waals surface area contributed by atoms with Crippen molar-refractivity contribution in [2.75, 3.05) is 10.0 Å². The highest BCUT2D eigenvalue weighted by molar-refractivity contribution is 7.93. The molecule has 3 aromatic rings. The van der Waals surface area contributed by atoms with Crippen LogP contribution in [0.15, 0.2) is 64.9 Å². The number of hydrogen-bond acceptors (Lipinski definition) is 5. The first-order valence-corrected chi connectivity index (χ1v) is 10.4. The van der Waals surface area contributed by atoms with Crippen molar-refractivity contribution in [1.29, 1.82) is 0 Å². The first-order chi connectivity index (χ1) is 12.9. The van der Waals surface area contributed by atoms with E-state index in [1.54, 1.807) is 23.6 Å². The molecule has 1 heterocycles. The average Bonchev–Trinajstić information content (AvgIpc) is 3.09. The average molecular weight is 405 g/mol. The van der Waals surface area contributed by atoms with Crippen LogP contribution < -0.4 is 10.0 Å². The second-order valence-corrected chi connectivity index (χ2v) is 8.16. The molecule has 9 heteroatoms. The zero-order valence-corrected chi connectivity index (χ0v) is 15.7. The molecule has 0 bridgehead atoms. The van der Waals surface area contributed by atoms with E-state index in [0.717, 1.165) is 11.3 Å². The molecule has 0 saturated carbocycles. The molecule has 0 fully saturated rings. The molecule has 3 rings (SSSR count). The summed E-state index contributed by atoms with van der Waals surface area (Å²) in [6.45, 7) is 0. The minimum absolute atomic E-state index is 0.153. The van der Waals surface area contributed by atoms with Crippen LogP contribution >= 0.6 is 11.3 Å². The Kier molecular flexibility index (Phi) is 5.82. The molecule has 0 atom stereocenters. The summed E-state index contributed by atoms with van der Waals surface area (Å²) in [5, 5.41) is 4.61. The number of nitrogens with one attached hydrogen (secondary N) is 2. The van der Waals surface area contributed by atoms with Crippen LogP contribution in [0.25, 0.3) is 0 Å². The Morgan fingerprint density at radius 2 is 1.78 bits per heavy atom. The third-order valence-electron chi connectivity index (χ3n) is 3.56. The number of amides is 1. The van der Waals surface area contributed by atoms with Gasteiger partial charge in [-0.25, -0.2) is 17.8 Å². The Morgan fingerprint density at radius 1 is 1.07 bits per heavy atom. The Morgan fingerprint density at radius 3 is 2.48 bits per heavy atom. The summed E-state index contributed by atoms with van der Waals surface area (Å²) in [5.74, 6) is -0.609. The number of aryl methyl sites for hydroxylation is 1. The SMILES string of the molecule is O=C(CCc1csc(NS(=O)(=O)c2ccccc2)n1)Nc1ccc(F)cc1. The molecule has 2 N–H and O–H groups in total. The maximum absolute atomic E-state index is 12.9. The van der Waals surface area contributed by atoms with Crippen LogP contribution in [0.3, 0.4) is 0 Å². The number of halogens is 1. The molecule has 0 saturated heterocycles. The van der Waals surface area contributed by atoms with Gasteiger partial charge in [-0.2, -0.15) is 0 Å². The van der Waals surface area contributed by atoms with Crippen molar-refractivity contribution in [3.05, 3.63) is 71.5 Å². The number of sulfonamides is 1. The molecule has 0 spiro atoms. The van der Waals surface area contributed by atoms with Gasteiger partial charge in [-0.05, 0) is 42.8 Å². The lowest BCUT2D eigenvalue weighted by atomic mass is 10.2. The van der Waals surface area contributed by atoms with Gasteiger partial charge in [0, 0.05) is 17.5 Å². The summed E-state index contributed by atoms with van der Waals surface area (Å²) in [4.78, 5) is 16.3. The minimum Gasteiger partial charge on any atom is -0.326 e. The number of nitrogens with zero attached hydrogens (tertiary/aromatic N) is 1. The van der Waals surface area contributed by atoms with Crippen LogP contribution in [0.5, 0.6) is 0 Å². The third-order valence-corrected chi connectivity index (χ3v) is 5.85. The lowest BCUT2D eigenvalue weighted by Crippen LogP contribution is -2.13. The highest BCUT2D eigenvalue weighted by Gasteiger charge is 2.16. The molecule has 1 amide bonds. The molecular formula is C18H16FN3O3S2. The second kappa shape index (κ2) is 8.28. The molecular weight excluding hydrogens is 389 g/mol. The van der Waals surface area contributed by atoms with Gasteiger partial charge in [0.2, 0.25) is 5.91 Å². The van der Waals surface area contributed by atoms with Crippen LogP contribution in [0.2, 0.25) is 0 Å². The standard InChI is InChI=1S/C18H16FN3O3S2/c19-13-6-8-14(9-7-13)20-17(23)11-10-15-12-26-18(21-15)22-27(24,25)16-4-2-1-3-5-16/h1-9,12H,10-11H2,(H,20,23)(H,21,22). The van der Waals surface area contributed by atoms with Crippen LogP contribution in [0.4, 0.5) is 15.2 Å². The van der Waals surface area contributed by atoms with Crippen molar-refractivity contribution in [2.45, 2.75) is 17.7 Å². The van der Waals surface area contributed by atoms with Gasteiger partial charge in [-0.1, -0.05) is 18.2 Å². The Hall–Kier alpha value is -2.78. The van der Waals surface area contributed by atoms with Crippen LogP contribution in [-0.4, -0.2) is 19.3 Å². The van der Waals surface area contributed by atoms with E-state index >= 15 is 0 Å². The van der Waals surface area contributed by atoms with Gasteiger partial charge in [0.25, 0.3) is 10.0 Å². The van der Waals surface area contributed by atoms with Gasteiger partial charge in [0.15, 0.2) is 5.13 Å². The first kappa shape index (κ1) is 19.0. The molecule has 0 aliphatic heterocycles. The quantitative estimate of drug-likeness (QED) is 0.628. The largest absolute Gasteiger partial charge is 0.326 e. The zero-order chi connectivity index (χ0) is 19.3. The van der Waals surface area contributed by atoms with Crippen molar-refractivity contribution < 1.29 is 17.6 Å². The van der Waals surface area contributed by atoms with E-state index < -0.39 is 10.0 Å². The number of hydrogen-bond donors (Lipinski definition) is 2. The molecule has 0 aliphatic carbocycles. The molecule has 6 nitrogen and oxygen atoms in total. The topological polar surface area (TPSA) is 88.2 Å². The van der Waals surface area contributed by atoms with Crippen LogP contribution in [0, 0.1) is 5.82 Å². The Balaban J connectivity index is 1.55. The molecule has 0 radical (unpaired) electrons. The highest BCUT2D eigenvalue weighted by atomic mass is 32.2. The number of carbonyl (C=O) groups excluding carboxylic acids is 1. The summed E-state index contributed by atoms with van der Waals surface area (Å²) in [6, 6.07) is 13.5. The van der Waals surface area contributed by atoms with Crippen molar-refractivity contribution in [2.24, 2.45) is 0 Å². The van der Waals surface area contributed by atoms with E-state index in [-0.39, 0.29) is 28.2 Å². The predicted octanol–water partition coefficient (Wildman–Crippen LogP) is 3.65. The fourth-order valence-electron chi connectivity index (χ4n) is 2.24. The lowest BCUT2D eigenvalue weighted by molar-refractivity contribution is -0.116. The molecule has 0 unspecified atom stereocenters. The van der Waals surface area contributed by atoms with E-state index in [9.17, 15) is 17.6 Å². The smallest absolute Gasteiger partial charge is 0.263 e. The summed E-state index contributed by atoms with van der Waals surface area (Å²) in [6.07, 6.45) is 0.530. The Labute approximate surface area is 160 Å². The van der Waals surface area contributed by atoms with E-state index in [1.807, 2.05) is 0 Å². The molecule has 27 heavy (non-hydrogen) atoms. The van der Waals surface area contributed by atoms with Gasteiger partial charge in [0.1, 0.15) is 5.82 Å². The first-order valence-electron chi connectivity index (χ1n) is 8.00. The van der Waals surface area contributed by atoms with E-state index in [4.69, 9.17) is 0 Å². The summed E-state index contributed by atoms with van der Waals surface area (Å²) < 4.78 is 39.8. The van der Waals surface area contributed by atoms with Gasteiger partial charge in [-0.3, -0.25) is 9.52 Å². The zero-order valence-electron chi connectivity index (χ0n) is 14.1. The third kappa shape index (κ3) is 5.35. The van der Waals surface area contributed by atoms with Gasteiger partial charge in [-0.15, -0.1) is 11.3 Å². The maximum atomic E-state index is 12.9. The monoisotopic (exact) mass is 405 g/mol. The molecule has 1 aromatic heterocycles. The van der Waals surface area contributed by atoms with Crippen molar-refractivity contribution in [1.82, 2.24) is 4.98 Å². The van der Waals surface area contributed by atoms with Crippen molar-refractivity contribution >= 4 is 38.1 Å². The van der Waals surface area contributed by atoms with Gasteiger partial charge < -0.3 is 5.32 Å². The summed E-state index contributed by atoms with van der Waals surface area (Å²) in [7, 11) is -3.69. The lowest BCUT2D eigenvalue weighted by Gasteiger charge is -2.05. The molecule has 2 aromatic carbocycles. The summed E-state index contributed by atoms with van der Waals surface area (Å²) >= 11 is 1.15. The van der Waals surface area contributed by atoms with Gasteiger partial charge >= 0.3 is 0 Å². The molecule has 0 aliphatic rings. The molecule has 140 valence electrons. The fourth-order valence-corrected chi connectivity index (χ4v) is 4.26. The minimum atomic E-state index is -3.69. The Bertz CT molecular complexity index is 1020. The van der Waals surface area contributed by atoms with Crippen LogP contribution in [-0.2, 0) is 21.2 Å². The highest BCUT2D eigenvalue weighted by Crippen LogP contribution is 2.21. The van der Waals surface area contributed by atoms with E-state index in [2.05, 4.69) is 15.0 Å². The maximum Gasteiger partial charge on any atom is 0.263 e. The van der Waals surface area contributed by atoms with Crippen molar-refractivity contribution in [3.63, 3.8) is 0 Å². The number of benzene rings is 2. The second-order valence-electron chi connectivity index (χ2n) is 5.62. The van der Waals surface area contributed by atoms with Crippen LogP contribution in [0.1, 0.15) is 12.1 Å². The normalized spacial score (nSPS) is 11.1. The number of anilines is 2. The fraction of sp³-hybridized carbons (Fsp3) is 0.111. The van der Waals surface area contributed by atoms with E-state index in [0.29, 0.717) is 17.8 Å². The van der Waals surface area contributed by atoms with E-state index in [1.165, 1.54) is 36.4 Å². The van der Waals surface area contributed by atoms with Crippen molar-refractivity contribution in [3.8, 4) is 0 Å². The predicted molar refractivity (Wildman–Crippen MR) is 103 cm³/mol. The summed E-state index contributed by atoms with van der Waals surface area (Å²) in [5.41, 5.74) is 1.12. The number of carbonyl (C=O) groups is 1. The number of rotatable bonds is 7. The van der Waals surface area contributed by atoms with Gasteiger partial charge in [0.05, 0.1) is 10.6 Å².